The first-order chi connectivity index (χ1) is 9.93. The number of anilines is 2. The van der Waals surface area contributed by atoms with Gasteiger partial charge in [-0.25, -0.2) is 0 Å². The summed E-state index contributed by atoms with van der Waals surface area (Å²) in [5.74, 6) is 1.25. The summed E-state index contributed by atoms with van der Waals surface area (Å²) >= 11 is 0. The number of nitrogens with zero attached hydrogens (tertiary/aromatic N) is 1. The molecule has 0 aromatic heterocycles. The summed E-state index contributed by atoms with van der Waals surface area (Å²) in [6, 6.07) is 6.12. The van der Waals surface area contributed by atoms with Crippen LogP contribution in [0.5, 0.6) is 0 Å². The number of nitrogens with one attached hydrogen (secondary N) is 1. The molecular formula is C17H27N3O. The highest BCUT2D eigenvalue weighted by Crippen LogP contribution is 2.34. The predicted molar refractivity (Wildman–Crippen MR) is 88.6 cm³/mol. The van der Waals surface area contributed by atoms with E-state index < -0.39 is 0 Å². The third-order valence-electron chi connectivity index (χ3n) is 4.53. The number of rotatable bonds is 3. The minimum atomic E-state index is -0.0656. The van der Waals surface area contributed by atoms with Gasteiger partial charge in [0.2, 0.25) is 0 Å². The van der Waals surface area contributed by atoms with E-state index in [1.807, 2.05) is 19.1 Å². The molecule has 2 rings (SSSR count). The molecular weight excluding hydrogens is 262 g/mol. The normalized spacial score (nSPS) is 25.7. The highest BCUT2D eigenvalue weighted by molar-refractivity contribution is 5.96. The number of benzene rings is 1. The Labute approximate surface area is 127 Å². The Morgan fingerprint density at radius 1 is 1.38 bits per heavy atom. The maximum atomic E-state index is 11.9. The monoisotopic (exact) mass is 289 g/mol. The Morgan fingerprint density at radius 3 is 2.71 bits per heavy atom. The van der Waals surface area contributed by atoms with E-state index in [-0.39, 0.29) is 5.91 Å². The quantitative estimate of drug-likeness (QED) is 0.841. The van der Waals surface area contributed by atoms with Crippen molar-refractivity contribution in [2.45, 2.75) is 40.2 Å². The van der Waals surface area contributed by atoms with Gasteiger partial charge in [0.05, 0.1) is 11.4 Å². The molecule has 1 saturated heterocycles. The second-order valence-electron chi connectivity index (χ2n) is 6.34. The van der Waals surface area contributed by atoms with Crippen molar-refractivity contribution in [1.82, 2.24) is 5.32 Å². The fourth-order valence-electron chi connectivity index (χ4n) is 3.25. The number of nitrogen functional groups attached to an aromatic ring is 1. The summed E-state index contributed by atoms with van der Waals surface area (Å²) in [7, 11) is 0. The van der Waals surface area contributed by atoms with Crippen LogP contribution in [-0.4, -0.2) is 25.0 Å². The van der Waals surface area contributed by atoms with Crippen molar-refractivity contribution in [3.8, 4) is 0 Å². The van der Waals surface area contributed by atoms with Crippen LogP contribution in [0.15, 0.2) is 18.2 Å². The van der Waals surface area contributed by atoms with Gasteiger partial charge < -0.3 is 16.0 Å². The molecule has 3 unspecified atom stereocenters. The molecule has 1 amide bonds. The van der Waals surface area contributed by atoms with E-state index in [9.17, 15) is 4.79 Å². The third-order valence-corrected chi connectivity index (χ3v) is 4.53. The van der Waals surface area contributed by atoms with Gasteiger partial charge in [-0.2, -0.15) is 0 Å². The molecule has 1 heterocycles. The van der Waals surface area contributed by atoms with Crippen molar-refractivity contribution in [3.63, 3.8) is 0 Å². The van der Waals surface area contributed by atoms with Crippen LogP contribution in [0.4, 0.5) is 11.4 Å². The van der Waals surface area contributed by atoms with Crippen molar-refractivity contribution in [2.24, 2.45) is 11.8 Å². The molecule has 0 aliphatic carbocycles. The number of nitrogens with two attached hydrogens (primary N) is 1. The Balaban J connectivity index is 2.26. The predicted octanol–water partition coefficient (Wildman–Crippen LogP) is 2.89. The van der Waals surface area contributed by atoms with Gasteiger partial charge in [-0.15, -0.1) is 0 Å². The number of carbonyl (C=O) groups excluding carboxylic acids is 1. The number of piperidine rings is 1. The average Bonchev–Trinajstić information content (AvgIpc) is 2.43. The van der Waals surface area contributed by atoms with E-state index in [4.69, 9.17) is 5.73 Å². The van der Waals surface area contributed by atoms with Gasteiger partial charge >= 0.3 is 0 Å². The Morgan fingerprint density at radius 2 is 2.10 bits per heavy atom. The minimum Gasteiger partial charge on any atom is -0.397 e. The van der Waals surface area contributed by atoms with Gasteiger partial charge in [-0.05, 0) is 50.3 Å². The van der Waals surface area contributed by atoms with Gasteiger partial charge in [-0.3, -0.25) is 4.79 Å². The largest absolute Gasteiger partial charge is 0.397 e. The first kappa shape index (κ1) is 15.7. The number of carbonyl (C=O) groups is 1. The second-order valence-corrected chi connectivity index (χ2v) is 6.34. The summed E-state index contributed by atoms with van der Waals surface area (Å²) in [4.78, 5) is 14.3. The van der Waals surface area contributed by atoms with Gasteiger partial charge in [0.1, 0.15) is 0 Å². The lowest BCUT2D eigenvalue weighted by molar-refractivity contribution is 0.0956. The van der Waals surface area contributed by atoms with Gasteiger partial charge in [-0.1, -0.05) is 13.8 Å². The Hall–Kier alpha value is -1.71. The fraction of sp³-hybridized carbons (Fsp3) is 0.588. The van der Waals surface area contributed by atoms with E-state index in [1.54, 1.807) is 6.07 Å². The second kappa shape index (κ2) is 6.37. The molecule has 116 valence electrons. The van der Waals surface area contributed by atoms with Crippen molar-refractivity contribution in [1.29, 1.82) is 0 Å². The van der Waals surface area contributed by atoms with E-state index in [0.29, 0.717) is 35.7 Å². The van der Waals surface area contributed by atoms with Crippen LogP contribution in [0, 0.1) is 11.8 Å². The number of hydrogen-bond donors (Lipinski definition) is 2. The van der Waals surface area contributed by atoms with E-state index in [0.717, 1.165) is 12.2 Å². The smallest absolute Gasteiger partial charge is 0.251 e. The zero-order valence-corrected chi connectivity index (χ0v) is 13.5. The molecule has 3 atom stereocenters. The van der Waals surface area contributed by atoms with Gasteiger partial charge in [0, 0.05) is 24.7 Å². The van der Waals surface area contributed by atoms with E-state index >= 15 is 0 Å². The molecule has 0 radical (unpaired) electrons. The molecule has 0 spiro atoms. The lowest BCUT2D eigenvalue weighted by Gasteiger charge is -2.43. The molecule has 1 fully saturated rings. The van der Waals surface area contributed by atoms with Crippen LogP contribution in [0.1, 0.15) is 44.5 Å². The molecule has 1 aromatic carbocycles. The summed E-state index contributed by atoms with van der Waals surface area (Å²) in [6.45, 7) is 10.4. The van der Waals surface area contributed by atoms with Crippen molar-refractivity contribution >= 4 is 17.3 Å². The molecule has 3 N–H and O–H groups in total. The molecule has 0 bridgehead atoms. The standard InChI is InChI=1S/C17H27N3O/c1-5-19-17(21)14-6-7-16(15(18)9-14)20-10-11(2)8-12(3)13(20)4/h6-7,9,11-13H,5,8,10,18H2,1-4H3,(H,19,21). The van der Waals surface area contributed by atoms with Gasteiger partial charge in [0.15, 0.2) is 0 Å². The van der Waals surface area contributed by atoms with Crippen LogP contribution < -0.4 is 16.0 Å². The zero-order valence-electron chi connectivity index (χ0n) is 13.5. The van der Waals surface area contributed by atoms with Gasteiger partial charge in [0.25, 0.3) is 5.91 Å². The lowest BCUT2D eigenvalue weighted by Crippen LogP contribution is -2.46. The molecule has 1 aliphatic rings. The van der Waals surface area contributed by atoms with E-state index in [1.165, 1.54) is 6.42 Å². The van der Waals surface area contributed by atoms with Crippen LogP contribution in [0.3, 0.4) is 0 Å². The van der Waals surface area contributed by atoms with Crippen LogP contribution in [-0.2, 0) is 0 Å². The Kier molecular flexibility index (Phi) is 4.76. The van der Waals surface area contributed by atoms with Crippen LogP contribution in [0.2, 0.25) is 0 Å². The number of amides is 1. The van der Waals surface area contributed by atoms with Crippen molar-refractivity contribution in [2.75, 3.05) is 23.7 Å². The minimum absolute atomic E-state index is 0.0656. The van der Waals surface area contributed by atoms with Crippen molar-refractivity contribution in [3.05, 3.63) is 23.8 Å². The highest BCUT2D eigenvalue weighted by Gasteiger charge is 2.29. The average molecular weight is 289 g/mol. The summed E-state index contributed by atoms with van der Waals surface area (Å²) in [5, 5.41) is 2.80. The third kappa shape index (κ3) is 3.31. The van der Waals surface area contributed by atoms with Crippen LogP contribution >= 0.6 is 0 Å². The SMILES string of the molecule is CCNC(=O)c1ccc(N2CC(C)CC(C)C2C)c(N)c1. The fourth-order valence-corrected chi connectivity index (χ4v) is 3.25. The Bertz CT molecular complexity index is 515. The molecule has 1 aromatic rings. The van der Waals surface area contributed by atoms with Crippen molar-refractivity contribution < 1.29 is 4.79 Å². The molecule has 21 heavy (non-hydrogen) atoms. The summed E-state index contributed by atoms with van der Waals surface area (Å²) in [5.41, 5.74) is 8.58. The molecule has 0 saturated carbocycles. The number of hydrogen-bond acceptors (Lipinski definition) is 3. The van der Waals surface area contributed by atoms with E-state index in [2.05, 4.69) is 31.0 Å². The maximum absolute atomic E-state index is 11.9. The zero-order chi connectivity index (χ0) is 15.6. The first-order valence-corrected chi connectivity index (χ1v) is 7.88. The highest BCUT2D eigenvalue weighted by atomic mass is 16.1. The maximum Gasteiger partial charge on any atom is 0.251 e. The molecule has 1 aliphatic heterocycles. The topological polar surface area (TPSA) is 58.4 Å². The summed E-state index contributed by atoms with van der Waals surface area (Å²) < 4.78 is 0. The summed E-state index contributed by atoms with van der Waals surface area (Å²) in [6.07, 6.45) is 1.26. The molecule has 4 nitrogen and oxygen atoms in total. The van der Waals surface area contributed by atoms with Crippen LogP contribution in [0.25, 0.3) is 0 Å². The lowest BCUT2D eigenvalue weighted by atomic mass is 9.85. The molecule has 4 heteroatoms. The first-order valence-electron chi connectivity index (χ1n) is 7.88.